The molecule has 0 spiro atoms. The van der Waals surface area contributed by atoms with E-state index in [1.54, 1.807) is 24.3 Å². The molecule has 1 rings (SSSR count). The van der Waals surface area contributed by atoms with Crippen LogP contribution in [0.3, 0.4) is 0 Å². The average Bonchev–Trinajstić information content (AvgIpc) is 2.34. The van der Waals surface area contributed by atoms with Crippen LogP contribution in [0.2, 0.25) is 5.02 Å². The number of nitrogens with one attached hydrogen (secondary N) is 2. The standard InChI is InChI=1S/C12H15ClN2O3/c1-18-12(17)5-6-14-8-11(16)15-10-4-2-3-9(13)7-10/h2-4,7,14H,5-6,8H2,1H3,(H,15,16). The van der Waals surface area contributed by atoms with Crippen molar-refractivity contribution in [3.8, 4) is 0 Å². The van der Waals surface area contributed by atoms with Gasteiger partial charge in [-0.1, -0.05) is 17.7 Å². The zero-order valence-electron chi connectivity index (χ0n) is 10.0. The summed E-state index contributed by atoms with van der Waals surface area (Å²) in [5, 5.41) is 6.08. The Hall–Kier alpha value is -1.59. The van der Waals surface area contributed by atoms with Gasteiger partial charge in [-0.15, -0.1) is 0 Å². The summed E-state index contributed by atoms with van der Waals surface area (Å²) in [6.07, 6.45) is 0.237. The van der Waals surface area contributed by atoms with Gasteiger partial charge in [0.25, 0.3) is 0 Å². The first-order chi connectivity index (χ1) is 8.61. The van der Waals surface area contributed by atoms with Crippen molar-refractivity contribution in [1.82, 2.24) is 5.32 Å². The molecule has 0 saturated carbocycles. The summed E-state index contributed by atoms with van der Waals surface area (Å²) in [6, 6.07) is 6.89. The zero-order chi connectivity index (χ0) is 13.4. The van der Waals surface area contributed by atoms with Crippen molar-refractivity contribution in [3.05, 3.63) is 29.3 Å². The number of ether oxygens (including phenoxy) is 1. The molecule has 1 aromatic carbocycles. The monoisotopic (exact) mass is 270 g/mol. The highest BCUT2D eigenvalue weighted by Crippen LogP contribution is 2.14. The Morgan fingerprint density at radius 2 is 2.17 bits per heavy atom. The van der Waals surface area contributed by atoms with Gasteiger partial charge in [0.2, 0.25) is 5.91 Å². The average molecular weight is 271 g/mol. The van der Waals surface area contributed by atoms with Crippen LogP contribution in [0.1, 0.15) is 6.42 Å². The summed E-state index contributed by atoms with van der Waals surface area (Å²) < 4.78 is 4.47. The van der Waals surface area contributed by atoms with Gasteiger partial charge in [0.15, 0.2) is 0 Å². The second-order valence-electron chi connectivity index (χ2n) is 3.56. The minimum absolute atomic E-state index is 0.128. The maximum absolute atomic E-state index is 11.5. The number of hydrogen-bond acceptors (Lipinski definition) is 4. The molecule has 0 aliphatic carbocycles. The van der Waals surface area contributed by atoms with Gasteiger partial charge in [0, 0.05) is 17.3 Å². The third-order valence-electron chi connectivity index (χ3n) is 2.13. The fraction of sp³-hybridized carbons (Fsp3) is 0.333. The molecule has 0 unspecified atom stereocenters. The van der Waals surface area contributed by atoms with E-state index in [1.807, 2.05) is 0 Å². The molecule has 5 nitrogen and oxygen atoms in total. The van der Waals surface area contributed by atoms with Gasteiger partial charge >= 0.3 is 5.97 Å². The molecule has 0 radical (unpaired) electrons. The SMILES string of the molecule is COC(=O)CCNCC(=O)Nc1cccc(Cl)c1. The fourth-order valence-electron chi connectivity index (χ4n) is 1.27. The molecule has 0 fully saturated rings. The smallest absolute Gasteiger partial charge is 0.306 e. The number of hydrogen-bond donors (Lipinski definition) is 2. The van der Waals surface area contributed by atoms with Gasteiger partial charge in [-0.3, -0.25) is 9.59 Å². The summed E-state index contributed by atoms with van der Waals surface area (Å²) in [5.74, 6) is -0.500. The van der Waals surface area contributed by atoms with Gasteiger partial charge in [-0.05, 0) is 18.2 Å². The number of benzene rings is 1. The summed E-state index contributed by atoms with van der Waals surface area (Å²) >= 11 is 5.79. The van der Waals surface area contributed by atoms with Crippen molar-refractivity contribution in [2.75, 3.05) is 25.5 Å². The molecule has 1 amide bonds. The van der Waals surface area contributed by atoms with Crippen LogP contribution in [-0.4, -0.2) is 32.1 Å². The van der Waals surface area contributed by atoms with Crippen LogP contribution in [0.4, 0.5) is 5.69 Å². The largest absolute Gasteiger partial charge is 0.469 e. The molecular formula is C12H15ClN2O3. The molecule has 1 aromatic rings. The Morgan fingerprint density at radius 3 is 2.83 bits per heavy atom. The summed E-state index contributed by atoms with van der Waals surface area (Å²) in [5.41, 5.74) is 0.641. The van der Waals surface area contributed by atoms with Gasteiger partial charge in [0.05, 0.1) is 20.1 Å². The van der Waals surface area contributed by atoms with Crippen LogP contribution < -0.4 is 10.6 Å². The van der Waals surface area contributed by atoms with Gasteiger partial charge in [-0.2, -0.15) is 0 Å². The van der Waals surface area contributed by atoms with Crippen molar-refractivity contribution in [2.24, 2.45) is 0 Å². The van der Waals surface area contributed by atoms with Crippen LogP contribution in [0.15, 0.2) is 24.3 Å². The first-order valence-corrected chi connectivity index (χ1v) is 5.82. The number of anilines is 1. The Kier molecular flexibility index (Phi) is 6.18. The lowest BCUT2D eigenvalue weighted by atomic mass is 10.3. The summed E-state index contributed by atoms with van der Waals surface area (Å²) in [4.78, 5) is 22.3. The number of carbonyl (C=O) groups is 2. The third-order valence-corrected chi connectivity index (χ3v) is 2.36. The molecule has 0 bridgehead atoms. The van der Waals surface area contributed by atoms with Crippen LogP contribution in [0.5, 0.6) is 0 Å². The van der Waals surface area contributed by atoms with E-state index in [1.165, 1.54) is 7.11 Å². The molecule has 0 heterocycles. The maximum atomic E-state index is 11.5. The van der Waals surface area contributed by atoms with Crippen LogP contribution in [0, 0.1) is 0 Å². The predicted molar refractivity (Wildman–Crippen MR) is 69.6 cm³/mol. The highest BCUT2D eigenvalue weighted by molar-refractivity contribution is 6.30. The first kappa shape index (κ1) is 14.5. The van der Waals surface area contributed by atoms with E-state index < -0.39 is 0 Å². The molecular weight excluding hydrogens is 256 g/mol. The van der Waals surface area contributed by atoms with Gasteiger partial charge < -0.3 is 15.4 Å². The highest BCUT2D eigenvalue weighted by atomic mass is 35.5. The van der Waals surface area contributed by atoms with Crippen molar-refractivity contribution in [3.63, 3.8) is 0 Å². The van der Waals surface area contributed by atoms with Gasteiger partial charge in [-0.25, -0.2) is 0 Å². The summed E-state index contributed by atoms with van der Waals surface area (Å²) in [7, 11) is 1.33. The van der Waals surface area contributed by atoms with Crippen LogP contribution in [-0.2, 0) is 14.3 Å². The number of halogens is 1. The van der Waals surface area contributed by atoms with Crippen molar-refractivity contribution in [1.29, 1.82) is 0 Å². The molecule has 0 aromatic heterocycles. The Bertz CT molecular complexity index is 424. The van der Waals surface area contributed by atoms with Crippen molar-refractivity contribution < 1.29 is 14.3 Å². The van der Waals surface area contributed by atoms with Gasteiger partial charge in [0.1, 0.15) is 0 Å². The minimum Gasteiger partial charge on any atom is -0.469 e. The predicted octanol–water partition coefficient (Wildman–Crippen LogP) is 1.43. The molecule has 18 heavy (non-hydrogen) atoms. The lowest BCUT2D eigenvalue weighted by molar-refractivity contribution is -0.140. The van der Waals surface area contributed by atoms with E-state index >= 15 is 0 Å². The molecule has 0 aliphatic rings. The molecule has 6 heteroatoms. The third kappa shape index (κ3) is 5.65. The number of esters is 1. The van der Waals surface area contributed by atoms with Crippen molar-refractivity contribution in [2.45, 2.75) is 6.42 Å². The second kappa shape index (κ2) is 7.68. The van der Waals surface area contributed by atoms with Crippen LogP contribution >= 0.6 is 11.6 Å². The maximum Gasteiger partial charge on any atom is 0.306 e. The second-order valence-corrected chi connectivity index (χ2v) is 4.00. The molecule has 0 saturated heterocycles. The minimum atomic E-state index is -0.308. The number of rotatable bonds is 6. The van der Waals surface area contributed by atoms with E-state index in [0.717, 1.165) is 0 Å². The van der Waals surface area contributed by atoms with Crippen LogP contribution in [0.25, 0.3) is 0 Å². The Balaban J connectivity index is 2.24. The number of amides is 1. The number of carbonyl (C=O) groups excluding carboxylic acids is 2. The topological polar surface area (TPSA) is 67.4 Å². The van der Waals surface area contributed by atoms with E-state index in [0.29, 0.717) is 17.3 Å². The molecule has 2 N–H and O–H groups in total. The Labute approximate surface area is 110 Å². The molecule has 0 atom stereocenters. The first-order valence-electron chi connectivity index (χ1n) is 5.45. The normalized spacial score (nSPS) is 9.89. The Morgan fingerprint density at radius 1 is 1.39 bits per heavy atom. The van der Waals surface area contributed by atoms with Crippen molar-refractivity contribution >= 4 is 29.2 Å². The fourth-order valence-corrected chi connectivity index (χ4v) is 1.46. The van der Waals surface area contributed by atoms with E-state index in [2.05, 4.69) is 15.4 Å². The quantitative estimate of drug-likeness (QED) is 0.606. The van der Waals surface area contributed by atoms with E-state index in [4.69, 9.17) is 11.6 Å². The summed E-state index contributed by atoms with van der Waals surface area (Å²) in [6.45, 7) is 0.527. The molecule has 98 valence electrons. The lowest BCUT2D eigenvalue weighted by Gasteiger charge is -2.06. The highest BCUT2D eigenvalue weighted by Gasteiger charge is 2.03. The van der Waals surface area contributed by atoms with E-state index in [9.17, 15) is 9.59 Å². The number of methoxy groups -OCH3 is 1. The van der Waals surface area contributed by atoms with E-state index in [-0.39, 0.29) is 24.8 Å². The molecule has 0 aliphatic heterocycles. The zero-order valence-corrected chi connectivity index (χ0v) is 10.8. The lowest BCUT2D eigenvalue weighted by Crippen LogP contribution is -2.29.